The molecule has 1 aliphatic carbocycles. The van der Waals surface area contributed by atoms with Gasteiger partial charge >= 0.3 is 5.97 Å². The second kappa shape index (κ2) is 4.21. The zero-order valence-corrected chi connectivity index (χ0v) is 9.60. The van der Waals surface area contributed by atoms with Crippen LogP contribution in [0.4, 0.5) is 5.82 Å². The number of tetrazole rings is 1. The fourth-order valence-electron chi connectivity index (χ4n) is 1.89. The maximum absolute atomic E-state index is 10.9. The van der Waals surface area contributed by atoms with Crippen molar-refractivity contribution >= 4 is 17.4 Å². The molecule has 0 saturated heterocycles. The lowest BCUT2D eigenvalue weighted by Crippen LogP contribution is -2.33. The summed E-state index contributed by atoms with van der Waals surface area (Å²) in [7, 11) is 0. The van der Waals surface area contributed by atoms with E-state index in [0.29, 0.717) is 23.9 Å². The molecule has 1 N–H and O–H groups in total. The van der Waals surface area contributed by atoms with Gasteiger partial charge in [-0.2, -0.15) is 4.52 Å². The van der Waals surface area contributed by atoms with E-state index in [1.165, 1.54) is 4.52 Å². The number of hydrogen-bond acceptors (Lipinski definition) is 6. The van der Waals surface area contributed by atoms with Gasteiger partial charge in [0.05, 0.1) is 12.4 Å². The smallest absolute Gasteiger partial charge is 0.323 e. The summed E-state index contributed by atoms with van der Waals surface area (Å²) >= 11 is 0. The van der Waals surface area contributed by atoms with Crippen LogP contribution >= 0.6 is 0 Å². The number of rotatable bonds is 5. The Kier molecular flexibility index (Phi) is 2.54. The topological polar surface area (TPSA) is 96.5 Å². The van der Waals surface area contributed by atoms with Crippen LogP contribution in [0.3, 0.4) is 0 Å². The van der Waals surface area contributed by atoms with Gasteiger partial charge in [0.2, 0.25) is 0 Å². The Morgan fingerprint density at radius 3 is 3.06 bits per heavy atom. The van der Waals surface area contributed by atoms with E-state index in [2.05, 4.69) is 20.5 Å². The molecule has 1 aliphatic rings. The molecule has 94 valence electrons. The van der Waals surface area contributed by atoms with Crippen LogP contribution in [0.1, 0.15) is 12.8 Å². The third-order valence-electron chi connectivity index (χ3n) is 2.92. The fraction of sp³-hybridized carbons (Fsp3) is 0.500. The van der Waals surface area contributed by atoms with Crippen molar-refractivity contribution < 1.29 is 9.90 Å². The van der Waals surface area contributed by atoms with Crippen molar-refractivity contribution in [2.75, 3.05) is 18.0 Å². The van der Waals surface area contributed by atoms with E-state index in [1.807, 2.05) is 0 Å². The van der Waals surface area contributed by atoms with E-state index in [9.17, 15) is 4.79 Å². The van der Waals surface area contributed by atoms with Crippen molar-refractivity contribution in [3.8, 4) is 0 Å². The number of hydrogen-bond donors (Lipinski definition) is 1. The van der Waals surface area contributed by atoms with Crippen LogP contribution in [0.5, 0.6) is 0 Å². The average Bonchev–Trinajstić information content (AvgIpc) is 3.02. The summed E-state index contributed by atoms with van der Waals surface area (Å²) in [4.78, 5) is 16.7. The highest BCUT2D eigenvalue weighted by molar-refractivity contribution is 5.73. The number of fused-ring (bicyclic) bond motifs is 1. The molecule has 3 rings (SSSR count). The molecule has 0 spiro atoms. The van der Waals surface area contributed by atoms with Crippen LogP contribution in [0.15, 0.2) is 12.4 Å². The molecule has 0 unspecified atom stereocenters. The second-order valence-electron chi connectivity index (χ2n) is 4.43. The lowest BCUT2D eigenvalue weighted by Gasteiger charge is -2.22. The van der Waals surface area contributed by atoms with Crippen LogP contribution in [0.2, 0.25) is 0 Å². The quantitative estimate of drug-likeness (QED) is 0.783. The standard InChI is InChI=1S/C10H12N6O2/c17-10(18)6-15(5-7-1-2-7)9-4-11-3-8-12-13-14-16(8)9/h3-4,7H,1-2,5-6H2,(H,17,18). The molecule has 2 aromatic heterocycles. The molecule has 8 nitrogen and oxygen atoms in total. The molecule has 0 aliphatic heterocycles. The Hall–Kier alpha value is -2.25. The van der Waals surface area contributed by atoms with E-state index in [0.717, 1.165) is 12.8 Å². The largest absolute Gasteiger partial charge is 0.480 e. The second-order valence-corrected chi connectivity index (χ2v) is 4.43. The van der Waals surface area contributed by atoms with Crippen molar-refractivity contribution in [2.24, 2.45) is 5.92 Å². The number of carboxylic acid groups (broad SMARTS) is 1. The summed E-state index contributed by atoms with van der Waals surface area (Å²) in [5, 5.41) is 20.2. The summed E-state index contributed by atoms with van der Waals surface area (Å²) in [5.41, 5.74) is 0.513. The number of nitrogens with zero attached hydrogens (tertiary/aromatic N) is 6. The molecule has 18 heavy (non-hydrogen) atoms. The van der Waals surface area contributed by atoms with E-state index in [1.54, 1.807) is 17.3 Å². The van der Waals surface area contributed by atoms with Crippen LogP contribution in [0, 0.1) is 5.92 Å². The predicted octanol–water partition coefficient (Wildman–Crippen LogP) is -0.180. The van der Waals surface area contributed by atoms with Crippen LogP contribution in [-0.4, -0.2) is 49.2 Å². The first-order valence-electron chi connectivity index (χ1n) is 5.73. The number of aromatic nitrogens is 5. The summed E-state index contributed by atoms with van der Waals surface area (Å²) in [5.74, 6) is 0.309. The zero-order valence-electron chi connectivity index (χ0n) is 9.60. The highest BCUT2D eigenvalue weighted by atomic mass is 16.4. The molecule has 0 amide bonds. The minimum absolute atomic E-state index is 0.0723. The van der Waals surface area contributed by atoms with Crippen LogP contribution in [0.25, 0.3) is 5.65 Å². The Bertz CT molecular complexity index is 579. The molecule has 0 bridgehead atoms. The number of aliphatic carboxylic acids is 1. The minimum atomic E-state index is -0.874. The first kappa shape index (κ1) is 10.9. The highest BCUT2D eigenvalue weighted by Crippen LogP contribution is 2.31. The van der Waals surface area contributed by atoms with Crippen molar-refractivity contribution in [1.82, 2.24) is 25.0 Å². The third kappa shape index (κ3) is 2.08. The maximum atomic E-state index is 10.9. The predicted molar refractivity (Wildman–Crippen MR) is 61.1 cm³/mol. The third-order valence-corrected chi connectivity index (χ3v) is 2.92. The van der Waals surface area contributed by atoms with Gasteiger partial charge in [0.15, 0.2) is 11.5 Å². The molecule has 0 aromatic carbocycles. The molecule has 1 saturated carbocycles. The van der Waals surface area contributed by atoms with Gasteiger partial charge in [-0.3, -0.25) is 9.78 Å². The Morgan fingerprint density at radius 2 is 2.33 bits per heavy atom. The first-order valence-corrected chi connectivity index (χ1v) is 5.73. The molecular formula is C10H12N6O2. The Morgan fingerprint density at radius 1 is 1.50 bits per heavy atom. The van der Waals surface area contributed by atoms with Gasteiger partial charge in [-0.25, -0.2) is 0 Å². The summed E-state index contributed by atoms with van der Waals surface area (Å²) in [6, 6.07) is 0. The van der Waals surface area contributed by atoms with Gasteiger partial charge in [-0.15, -0.1) is 5.10 Å². The Labute approximate surface area is 102 Å². The first-order chi connectivity index (χ1) is 8.74. The van der Waals surface area contributed by atoms with E-state index in [-0.39, 0.29) is 6.54 Å². The lowest BCUT2D eigenvalue weighted by atomic mass is 10.3. The van der Waals surface area contributed by atoms with Crippen LogP contribution in [-0.2, 0) is 4.79 Å². The van der Waals surface area contributed by atoms with Crippen molar-refractivity contribution in [1.29, 1.82) is 0 Å². The lowest BCUT2D eigenvalue weighted by molar-refractivity contribution is -0.135. The zero-order chi connectivity index (χ0) is 12.5. The van der Waals surface area contributed by atoms with Gasteiger partial charge in [0.25, 0.3) is 0 Å². The molecule has 2 heterocycles. The molecule has 0 atom stereocenters. The summed E-state index contributed by atoms with van der Waals surface area (Å²) in [6.45, 7) is 0.629. The highest BCUT2D eigenvalue weighted by Gasteiger charge is 2.27. The van der Waals surface area contributed by atoms with E-state index in [4.69, 9.17) is 5.11 Å². The number of carboxylic acids is 1. The monoisotopic (exact) mass is 248 g/mol. The SMILES string of the molecule is O=C(O)CN(CC1CC1)c1cncc2nnnn12. The fourth-order valence-corrected chi connectivity index (χ4v) is 1.89. The van der Waals surface area contributed by atoms with Gasteiger partial charge in [0, 0.05) is 6.54 Å². The maximum Gasteiger partial charge on any atom is 0.323 e. The Balaban J connectivity index is 1.96. The minimum Gasteiger partial charge on any atom is -0.480 e. The molecule has 2 aromatic rings. The van der Waals surface area contributed by atoms with Crippen molar-refractivity contribution in [2.45, 2.75) is 12.8 Å². The van der Waals surface area contributed by atoms with E-state index < -0.39 is 5.97 Å². The molecule has 0 radical (unpaired) electrons. The van der Waals surface area contributed by atoms with Crippen LogP contribution < -0.4 is 4.90 Å². The van der Waals surface area contributed by atoms with E-state index >= 15 is 0 Å². The number of anilines is 1. The van der Waals surface area contributed by atoms with Crippen molar-refractivity contribution in [3.05, 3.63) is 12.4 Å². The molecule has 1 fully saturated rings. The molecular weight excluding hydrogens is 236 g/mol. The molecule has 8 heteroatoms. The summed E-state index contributed by atoms with van der Waals surface area (Å²) in [6.07, 6.45) is 5.43. The number of carbonyl (C=O) groups is 1. The van der Waals surface area contributed by atoms with Crippen molar-refractivity contribution in [3.63, 3.8) is 0 Å². The normalized spacial score (nSPS) is 14.9. The summed E-state index contributed by atoms with van der Waals surface area (Å²) < 4.78 is 1.51. The average molecular weight is 248 g/mol. The van der Waals surface area contributed by atoms with Gasteiger partial charge < -0.3 is 10.0 Å². The van der Waals surface area contributed by atoms with Gasteiger partial charge in [-0.1, -0.05) is 0 Å². The van der Waals surface area contributed by atoms with Gasteiger partial charge in [0.1, 0.15) is 6.54 Å². The van der Waals surface area contributed by atoms with Gasteiger partial charge in [-0.05, 0) is 29.2 Å².